The molecule has 2 heterocycles. The molecule has 2 aliphatic heterocycles. The molecule has 166 valence electrons. The zero-order chi connectivity index (χ0) is 22.8. The van der Waals surface area contributed by atoms with Crippen LogP contribution in [0.15, 0.2) is 121 Å². The molecule has 34 heavy (non-hydrogen) atoms. The van der Waals surface area contributed by atoms with Crippen LogP contribution in [0.1, 0.15) is 41.5 Å². The minimum atomic E-state index is -1.99. The van der Waals surface area contributed by atoms with E-state index < -0.39 is 8.07 Å². The molecule has 0 unspecified atom stereocenters. The van der Waals surface area contributed by atoms with Gasteiger partial charge in [-0.1, -0.05) is 141 Å². The van der Waals surface area contributed by atoms with Gasteiger partial charge in [-0.15, -0.1) is 0 Å². The summed E-state index contributed by atoms with van der Waals surface area (Å²) in [6.07, 6.45) is 4.03. The first-order valence-corrected chi connectivity index (χ1v) is 15.0. The van der Waals surface area contributed by atoms with Crippen molar-refractivity contribution in [1.29, 1.82) is 0 Å². The van der Waals surface area contributed by atoms with Gasteiger partial charge in [-0.3, -0.25) is 0 Å². The van der Waals surface area contributed by atoms with Gasteiger partial charge in [-0.2, -0.15) is 0 Å². The molecule has 0 aliphatic carbocycles. The van der Waals surface area contributed by atoms with Crippen LogP contribution in [0.2, 0.25) is 12.1 Å². The molecular weight excluding hydrogens is 424 g/mol. The quantitative estimate of drug-likeness (QED) is 0.270. The Morgan fingerprint density at radius 3 is 1.03 bits per heavy atom. The molecule has 4 aromatic carbocycles. The van der Waals surface area contributed by atoms with Crippen molar-refractivity contribution in [3.05, 3.63) is 144 Å². The van der Waals surface area contributed by atoms with Crippen LogP contribution < -0.4 is 0 Å². The van der Waals surface area contributed by atoms with E-state index in [1.54, 1.807) is 10.4 Å². The van der Waals surface area contributed by atoms with Gasteiger partial charge in [0.05, 0.1) is 0 Å². The zero-order valence-corrected chi connectivity index (χ0v) is 20.6. The highest BCUT2D eigenvalue weighted by Crippen LogP contribution is 2.60. The Labute approximate surface area is 204 Å². The Morgan fingerprint density at radius 2 is 0.676 bits per heavy atom. The fourth-order valence-corrected chi connectivity index (χ4v) is 12.5. The van der Waals surface area contributed by atoms with Crippen molar-refractivity contribution in [2.45, 2.75) is 31.4 Å². The van der Waals surface area contributed by atoms with Crippen LogP contribution in [0.3, 0.4) is 0 Å². The van der Waals surface area contributed by atoms with E-state index >= 15 is 0 Å². The largest absolute Gasteiger partial charge is 0.121 e. The summed E-state index contributed by atoms with van der Waals surface area (Å²) in [5, 5.41) is 3.33. The van der Waals surface area contributed by atoms with Crippen molar-refractivity contribution in [3.8, 4) is 0 Å². The Bertz CT molecular complexity index is 1230. The second-order valence-electron chi connectivity index (χ2n) is 9.61. The van der Waals surface area contributed by atoms with E-state index in [1.807, 2.05) is 0 Å². The summed E-state index contributed by atoms with van der Waals surface area (Å²) in [6.45, 7) is 0. The van der Waals surface area contributed by atoms with E-state index in [1.165, 1.54) is 64.8 Å². The van der Waals surface area contributed by atoms with Gasteiger partial charge in [-0.25, -0.2) is 0 Å². The Kier molecular flexibility index (Phi) is 5.64. The van der Waals surface area contributed by atoms with Crippen molar-refractivity contribution in [2.75, 3.05) is 0 Å². The lowest BCUT2D eigenvalue weighted by Crippen LogP contribution is -2.38. The van der Waals surface area contributed by atoms with E-state index in [9.17, 15) is 0 Å². The number of hydrogen-bond acceptors (Lipinski definition) is 0. The Balaban J connectivity index is 1.77. The molecule has 1 saturated heterocycles. The highest BCUT2D eigenvalue weighted by Gasteiger charge is 2.50. The third-order valence-corrected chi connectivity index (χ3v) is 13.1. The van der Waals surface area contributed by atoms with Crippen LogP contribution in [0, 0.1) is 0 Å². The van der Waals surface area contributed by atoms with Crippen molar-refractivity contribution in [1.82, 2.24) is 0 Å². The topological polar surface area (TPSA) is 0 Å². The van der Waals surface area contributed by atoms with Crippen LogP contribution >= 0.6 is 0 Å². The number of allylic oxidation sites excluding steroid dienone is 2. The smallest absolute Gasteiger partial charge is 0.0622 e. The third-order valence-electron chi connectivity index (χ3n) is 7.66. The summed E-state index contributed by atoms with van der Waals surface area (Å²) in [7, 11) is -1.99. The molecule has 1 fully saturated rings. The molecule has 0 saturated carbocycles. The second-order valence-corrected chi connectivity index (χ2v) is 13.8. The minimum absolute atomic E-state index is 1.34. The fourth-order valence-electron chi connectivity index (χ4n) is 6.35. The predicted molar refractivity (Wildman–Crippen MR) is 149 cm³/mol. The van der Waals surface area contributed by atoms with Gasteiger partial charge >= 0.3 is 0 Å². The van der Waals surface area contributed by atoms with Crippen molar-refractivity contribution < 1.29 is 0 Å². The van der Waals surface area contributed by atoms with E-state index in [0.717, 1.165) is 0 Å². The van der Waals surface area contributed by atoms with Gasteiger partial charge in [0.2, 0.25) is 0 Å². The maximum absolute atomic E-state index is 2.36. The monoisotopic (exact) mass is 454 g/mol. The van der Waals surface area contributed by atoms with Gasteiger partial charge in [0, 0.05) is 0 Å². The molecule has 0 radical (unpaired) electrons. The molecule has 0 bridgehead atoms. The van der Waals surface area contributed by atoms with Crippen LogP contribution in [0.4, 0.5) is 0 Å². The molecule has 1 heteroatoms. The lowest BCUT2D eigenvalue weighted by atomic mass is 9.89. The number of rotatable bonds is 4. The Hall–Kier alpha value is -3.42. The molecule has 0 nitrogen and oxygen atoms in total. The molecule has 4 aromatic rings. The molecule has 0 aromatic heterocycles. The normalized spacial score (nSPS) is 17.4. The summed E-state index contributed by atoms with van der Waals surface area (Å²) >= 11 is 0. The van der Waals surface area contributed by atoms with Gasteiger partial charge in [-0.05, 0) is 55.9 Å². The van der Waals surface area contributed by atoms with Crippen LogP contribution in [0.25, 0.3) is 21.5 Å². The molecule has 6 rings (SSSR count). The molecule has 2 aliphatic rings. The maximum Gasteiger partial charge on any atom is 0.121 e. The molecule has 1 spiro atoms. The minimum Gasteiger partial charge on any atom is -0.0622 e. The maximum atomic E-state index is 2.36. The first-order chi connectivity index (χ1) is 16.9. The molecule has 0 atom stereocenters. The highest BCUT2D eigenvalue weighted by molar-refractivity contribution is 7.14. The molecule has 0 N–H and O–H groups in total. The van der Waals surface area contributed by atoms with E-state index in [0.29, 0.717) is 0 Å². The predicted octanol–water partition coefficient (Wildman–Crippen LogP) is 8.93. The van der Waals surface area contributed by atoms with Crippen LogP contribution in [-0.2, 0) is 0 Å². The van der Waals surface area contributed by atoms with E-state index in [2.05, 4.69) is 121 Å². The van der Waals surface area contributed by atoms with E-state index in [-0.39, 0.29) is 0 Å². The average Bonchev–Trinajstić information content (AvgIpc) is 3.21. The van der Waals surface area contributed by atoms with Gasteiger partial charge in [0.15, 0.2) is 0 Å². The number of benzene rings is 4. The highest BCUT2D eigenvalue weighted by atomic mass is 28.3. The Morgan fingerprint density at radius 1 is 0.353 bits per heavy atom. The first kappa shape index (κ1) is 21.1. The van der Waals surface area contributed by atoms with Crippen molar-refractivity contribution in [3.63, 3.8) is 0 Å². The summed E-state index contributed by atoms with van der Waals surface area (Å²) in [5.74, 6) is 0. The van der Waals surface area contributed by atoms with Crippen molar-refractivity contribution >= 4 is 29.6 Å². The van der Waals surface area contributed by atoms with E-state index in [4.69, 9.17) is 0 Å². The fraction of sp³-hybridized carbons (Fsp3) is 0.152. The number of hydrogen-bond donors (Lipinski definition) is 0. The van der Waals surface area contributed by atoms with Gasteiger partial charge < -0.3 is 0 Å². The standard InChI is InChI=1S/C33H30Si/c1-6-16-26(17-7-1)30-31(27-18-8-2-9-19-27)33(29-22-12-4-13-23-29)34(24-14-5-15-25-34)32(30)28-20-10-3-11-21-28/h1-4,6-13,16-23H,5,14-15,24-25H2. The third kappa shape index (κ3) is 3.52. The van der Waals surface area contributed by atoms with Crippen molar-refractivity contribution in [2.24, 2.45) is 0 Å². The first-order valence-electron chi connectivity index (χ1n) is 12.6. The summed E-state index contributed by atoms with van der Waals surface area (Å²) in [6, 6.07) is 47.7. The lowest BCUT2D eigenvalue weighted by Gasteiger charge is -2.38. The second kappa shape index (κ2) is 9.08. The zero-order valence-electron chi connectivity index (χ0n) is 19.6. The summed E-state index contributed by atoms with van der Waals surface area (Å²) in [4.78, 5) is 0. The molecular formula is C33H30Si. The average molecular weight is 455 g/mol. The molecule has 0 amide bonds. The van der Waals surface area contributed by atoms with Gasteiger partial charge in [0.1, 0.15) is 8.07 Å². The van der Waals surface area contributed by atoms with Crippen LogP contribution in [-0.4, -0.2) is 8.07 Å². The van der Waals surface area contributed by atoms with Crippen LogP contribution in [0.5, 0.6) is 0 Å². The SMILES string of the molecule is c1ccc(C2=C(c3ccccc3)[Si]3(CCCCC3)C(c3ccccc3)=C2c2ccccc2)cc1. The summed E-state index contributed by atoms with van der Waals surface area (Å²) < 4.78 is 0. The lowest BCUT2D eigenvalue weighted by molar-refractivity contribution is 0.722. The summed E-state index contributed by atoms with van der Waals surface area (Å²) in [5.41, 5.74) is 8.51. The van der Waals surface area contributed by atoms with Gasteiger partial charge in [0.25, 0.3) is 0 Å².